The van der Waals surface area contributed by atoms with Gasteiger partial charge < -0.3 is 14.5 Å². The number of hydrogen-bond donors (Lipinski definition) is 1. The summed E-state index contributed by atoms with van der Waals surface area (Å²) in [6.07, 6.45) is 6.07. The van der Waals surface area contributed by atoms with Gasteiger partial charge in [0.2, 0.25) is 5.91 Å². The molecule has 114 valence electrons. The fourth-order valence-corrected chi connectivity index (χ4v) is 2.71. The normalized spacial score (nSPS) is 11.0. The van der Waals surface area contributed by atoms with Gasteiger partial charge in [0.25, 0.3) is 0 Å². The average molecular weight is 296 g/mol. The molecule has 0 spiro atoms. The van der Waals surface area contributed by atoms with E-state index in [4.69, 9.17) is 0 Å². The molecule has 0 radical (unpaired) electrons. The van der Waals surface area contributed by atoms with Crippen LogP contribution in [0.2, 0.25) is 0 Å². The van der Waals surface area contributed by atoms with Crippen molar-refractivity contribution in [1.29, 1.82) is 0 Å². The van der Waals surface area contributed by atoms with Gasteiger partial charge in [-0.3, -0.25) is 4.79 Å². The summed E-state index contributed by atoms with van der Waals surface area (Å²) >= 11 is 0. The molecule has 0 saturated heterocycles. The highest BCUT2D eigenvalue weighted by Gasteiger charge is 2.11. The first kappa shape index (κ1) is 14.4. The van der Waals surface area contributed by atoms with Gasteiger partial charge in [-0.05, 0) is 18.6 Å². The maximum Gasteiger partial charge on any atom is 0.224 e. The molecule has 0 bridgehead atoms. The third-order valence-corrected chi connectivity index (χ3v) is 3.93. The summed E-state index contributed by atoms with van der Waals surface area (Å²) < 4.78 is 4.08. The van der Waals surface area contributed by atoms with Gasteiger partial charge in [-0.15, -0.1) is 0 Å². The van der Waals surface area contributed by atoms with E-state index in [1.807, 2.05) is 29.9 Å². The number of nitrogens with one attached hydrogen (secondary N) is 1. The molecule has 22 heavy (non-hydrogen) atoms. The monoisotopic (exact) mass is 296 g/mol. The van der Waals surface area contributed by atoms with E-state index in [0.29, 0.717) is 13.0 Å². The van der Waals surface area contributed by atoms with Gasteiger partial charge >= 0.3 is 0 Å². The molecule has 0 aliphatic heterocycles. The van der Waals surface area contributed by atoms with Crippen LogP contribution in [-0.2, 0) is 31.4 Å². The van der Waals surface area contributed by atoms with Crippen LogP contribution in [0.4, 0.5) is 0 Å². The van der Waals surface area contributed by atoms with Crippen molar-refractivity contribution < 1.29 is 4.79 Å². The summed E-state index contributed by atoms with van der Waals surface area (Å²) in [5.41, 5.74) is 2.24. The van der Waals surface area contributed by atoms with Crippen LogP contribution >= 0.6 is 0 Å². The average Bonchev–Trinajstić information content (AvgIpc) is 3.09. The number of hydrogen-bond acceptors (Lipinski definition) is 2. The molecular formula is C17H20N4O. The molecule has 1 aromatic carbocycles. The summed E-state index contributed by atoms with van der Waals surface area (Å²) in [5, 5.41) is 4.08. The number of benzene rings is 1. The molecule has 0 aliphatic carbocycles. The number of rotatable bonds is 5. The Morgan fingerprint density at radius 2 is 2.14 bits per heavy atom. The van der Waals surface area contributed by atoms with Crippen LogP contribution in [0.1, 0.15) is 18.3 Å². The summed E-state index contributed by atoms with van der Waals surface area (Å²) in [4.78, 5) is 16.4. The van der Waals surface area contributed by atoms with Crippen molar-refractivity contribution in [2.45, 2.75) is 26.4 Å². The molecule has 0 saturated carbocycles. The topological polar surface area (TPSA) is 51.9 Å². The third-order valence-electron chi connectivity index (χ3n) is 3.93. The molecule has 1 N–H and O–H groups in total. The number of para-hydroxylation sites is 1. The number of amides is 1. The second-order valence-electron chi connectivity index (χ2n) is 5.37. The van der Waals surface area contributed by atoms with E-state index in [2.05, 4.69) is 40.1 Å². The van der Waals surface area contributed by atoms with Crippen LogP contribution in [0.15, 0.2) is 42.9 Å². The lowest BCUT2D eigenvalue weighted by atomic mass is 10.1. The molecule has 5 nitrogen and oxygen atoms in total. The first-order chi connectivity index (χ1) is 10.7. The minimum Gasteiger partial charge on any atom is -0.349 e. The van der Waals surface area contributed by atoms with Crippen LogP contribution in [0.25, 0.3) is 10.9 Å². The molecule has 0 fully saturated rings. The van der Waals surface area contributed by atoms with Crippen molar-refractivity contribution in [3.8, 4) is 0 Å². The first-order valence-electron chi connectivity index (χ1n) is 7.48. The molecule has 1 amide bonds. The molecule has 2 heterocycles. The van der Waals surface area contributed by atoms with Crippen molar-refractivity contribution in [2.24, 2.45) is 7.05 Å². The molecule has 5 heteroatoms. The van der Waals surface area contributed by atoms with Crippen LogP contribution in [0.3, 0.4) is 0 Å². The quantitative estimate of drug-likeness (QED) is 0.785. The zero-order valence-corrected chi connectivity index (χ0v) is 12.9. The van der Waals surface area contributed by atoms with E-state index in [0.717, 1.165) is 23.3 Å². The van der Waals surface area contributed by atoms with Gasteiger partial charge in [0.15, 0.2) is 0 Å². The smallest absolute Gasteiger partial charge is 0.224 e. The van der Waals surface area contributed by atoms with Crippen LogP contribution in [0.5, 0.6) is 0 Å². The Labute approximate surface area is 129 Å². The number of carbonyl (C=O) groups excluding carboxylic acids is 1. The van der Waals surface area contributed by atoms with Gasteiger partial charge in [0.05, 0.1) is 13.0 Å². The highest BCUT2D eigenvalue weighted by Crippen LogP contribution is 2.21. The second kappa shape index (κ2) is 6.05. The molecule has 2 aromatic heterocycles. The second-order valence-corrected chi connectivity index (χ2v) is 5.37. The van der Waals surface area contributed by atoms with Crippen LogP contribution in [-0.4, -0.2) is 20.0 Å². The standard InChI is InChI=1S/C17H20N4O/c1-3-21-12-13(14-6-4-5-7-15(14)21)10-17(22)19-11-16-18-8-9-20(16)2/h4-9,12H,3,10-11H2,1-2H3,(H,19,22). The van der Waals surface area contributed by atoms with E-state index in [-0.39, 0.29) is 5.91 Å². The summed E-state index contributed by atoms with van der Waals surface area (Å²) in [5.74, 6) is 0.867. The van der Waals surface area contributed by atoms with Crippen molar-refractivity contribution in [1.82, 2.24) is 19.4 Å². The Kier molecular flexibility index (Phi) is 3.96. The van der Waals surface area contributed by atoms with Crippen molar-refractivity contribution in [3.05, 3.63) is 54.2 Å². The lowest BCUT2D eigenvalue weighted by molar-refractivity contribution is -0.120. The lowest BCUT2D eigenvalue weighted by Gasteiger charge is -2.05. The fraction of sp³-hybridized carbons (Fsp3) is 0.294. The van der Waals surface area contributed by atoms with Crippen molar-refractivity contribution in [3.63, 3.8) is 0 Å². The summed E-state index contributed by atoms with van der Waals surface area (Å²) in [7, 11) is 1.92. The van der Waals surface area contributed by atoms with Crippen molar-refractivity contribution in [2.75, 3.05) is 0 Å². The van der Waals surface area contributed by atoms with Crippen molar-refractivity contribution >= 4 is 16.8 Å². The Bertz CT molecular complexity index is 800. The van der Waals surface area contributed by atoms with E-state index >= 15 is 0 Å². The lowest BCUT2D eigenvalue weighted by Crippen LogP contribution is -2.25. The zero-order valence-electron chi connectivity index (χ0n) is 12.9. The van der Waals surface area contributed by atoms with Gasteiger partial charge in [0, 0.05) is 43.1 Å². The van der Waals surface area contributed by atoms with Gasteiger partial charge in [-0.2, -0.15) is 0 Å². The summed E-state index contributed by atoms with van der Waals surface area (Å²) in [6, 6.07) is 8.20. The maximum absolute atomic E-state index is 12.2. The molecular weight excluding hydrogens is 276 g/mol. The van der Waals surface area contributed by atoms with Gasteiger partial charge in [0.1, 0.15) is 5.82 Å². The molecule has 3 aromatic rings. The van der Waals surface area contributed by atoms with Crippen LogP contribution < -0.4 is 5.32 Å². The predicted molar refractivity (Wildman–Crippen MR) is 86.4 cm³/mol. The summed E-state index contributed by atoms with van der Waals surface area (Å²) in [6.45, 7) is 3.46. The van der Waals surface area contributed by atoms with Crippen LogP contribution in [0, 0.1) is 0 Å². The predicted octanol–water partition coefficient (Wildman–Crippen LogP) is 2.25. The minimum atomic E-state index is 0.0157. The zero-order chi connectivity index (χ0) is 15.5. The maximum atomic E-state index is 12.2. The first-order valence-corrected chi connectivity index (χ1v) is 7.48. The van der Waals surface area contributed by atoms with E-state index < -0.39 is 0 Å². The number of nitrogens with zero attached hydrogens (tertiary/aromatic N) is 3. The largest absolute Gasteiger partial charge is 0.349 e. The highest BCUT2D eigenvalue weighted by molar-refractivity contribution is 5.89. The van der Waals surface area contributed by atoms with E-state index in [1.54, 1.807) is 6.20 Å². The Morgan fingerprint density at radius 3 is 2.86 bits per heavy atom. The molecule has 0 atom stereocenters. The van der Waals surface area contributed by atoms with Gasteiger partial charge in [-0.25, -0.2) is 4.98 Å². The number of fused-ring (bicyclic) bond motifs is 1. The highest BCUT2D eigenvalue weighted by atomic mass is 16.1. The SMILES string of the molecule is CCn1cc(CC(=O)NCc2nccn2C)c2ccccc21. The number of carbonyl (C=O) groups is 1. The molecule has 3 rings (SSSR count). The Hall–Kier alpha value is -2.56. The number of aryl methyl sites for hydroxylation is 2. The molecule has 0 aliphatic rings. The number of aromatic nitrogens is 3. The molecule has 0 unspecified atom stereocenters. The van der Waals surface area contributed by atoms with E-state index in [1.165, 1.54) is 5.52 Å². The minimum absolute atomic E-state index is 0.0157. The number of imidazole rings is 1. The van der Waals surface area contributed by atoms with Gasteiger partial charge in [-0.1, -0.05) is 18.2 Å². The Balaban J connectivity index is 1.73. The third kappa shape index (κ3) is 2.74. The fourth-order valence-electron chi connectivity index (χ4n) is 2.71. The van der Waals surface area contributed by atoms with E-state index in [9.17, 15) is 4.79 Å². The Morgan fingerprint density at radius 1 is 1.32 bits per heavy atom.